The van der Waals surface area contributed by atoms with E-state index in [-0.39, 0.29) is 23.5 Å². The second kappa shape index (κ2) is 7.99. The molecule has 2 amide bonds. The number of thiazole rings is 1. The molecule has 0 spiro atoms. The summed E-state index contributed by atoms with van der Waals surface area (Å²) in [6, 6.07) is 6.46. The van der Waals surface area contributed by atoms with E-state index in [1.807, 2.05) is 16.3 Å². The average Bonchev–Trinajstić information content (AvgIpc) is 3.40. The first-order chi connectivity index (χ1) is 13.6. The molecular weight excluding hydrogens is 377 g/mol. The molecule has 0 radical (unpaired) electrons. The number of piperidine rings is 1. The molecule has 1 aromatic heterocycles. The lowest BCUT2D eigenvalue weighted by Crippen LogP contribution is -2.51. The summed E-state index contributed by atoms with van der Waals surface area (Å²) >= 11 is 1.38. The fourth-order valence-corrected chi connectivity index (χ4v) is 5.09. The molecule has 1 aromatic carbocycles. The Kier molecular flexibility index (Phi) is 5.44. The summed E-state index contributed by atoms with van der Waals surface area (Å²) in [5, 5.41) is 5.25. The highest BCUT2D eigenvalue weighted by molar-refractivity contribution is 7.13. The largest absolute Gasteiger partial charge is 0.341 e. The highest BCUT2D eigenvalue weighted by Crippen LogP contribution is 2.43. The third-order valence-corrected chi connectivity index (χ3v) is 6.67. The van der Waals surface area contributed by atoms with Gasteiger partial charge in [-0.15, -0.1) is 11.3 Å². The van der Waals surface area contributed by atoms with Gasteiger partial charge in [0.25, 0.3) is 0 Å². The Hall–Kier alpha value is -2.28. The smallest absolute Gasteiger partial charge is 0.233 e. The van der Waals surface area contributed by atoms with Crippen molar-refractivity contribution in [1.82, 2.24) is 9.88 Å². The van der Waals surface area contributed by atoms with Gasteiger partial charge in [0.2, 0.25) is 11.8 Å². The predicted molar refractivity (Wildman–Crippen MR) is 107 cm³/mol. The molecule has 5 nitrogen and oxygen atoms in total. The topological polar surface area (TPSA) is 62.3 Å². The molecule has 1 aliphatic carbocycles. The Balaban J connectivity index is 1.52. The van der Waals surface area contributed by atoms with Crippen molar-refractivity contribution >= 4 is 28.3 Å². The lowest BCUT2D eigenvalue weighted by atomic mass is 9.77. The molecule has 148 valence electrons. The quantitative estimate of drug-likeness (QED) is 0.843. The van der Waals surface area contributed by atoms with Crippen LogP contribution in [0.2, 0.25) is 0 Å². The van der Waals surface area contributed by atoms with Gasteiger partial charge in [-0.25, -0.2) is 9.37 Å². The Labute approximate surface area is 168 Å². The van der Waals surface area contributed by atoms with Crippen LogP contribution in [0.5, 0.6) is 0 Å². The van der Waals surface area contributed by atoms with Crippen LogP contribution in [-0.2, 0) is 15.0 Å². The minimum absolute atomic E-state index is 0.0438. The van der Waals surface area contributed by atoms with E-state index in [9.17, 15) is 14.0 Å². The van der Waals surface area contributed by atoms with E-state index in [1.165, 1.54) is 23.5 Å². The minimum Gasteiger partial charge on any atom is -0.341 e. The number of halogens is 1. The van der Waals surface area contributed by atoms with E-state index >= 15 is 0 Å². The molecule has 1 N–H and O–H groups in total. The number of anilines is 1. The van der Waals surface area contributed by atoms with Crippen molar-refractivity contribution < 1.29 is 14.0 Å². The third kappa shape index (κ3) is 3.68. The summed E-state index contributed by atoms with van der Waals surface area (Å²) in [5.74, 6) is -0.593. The second-order valence-electron chi connectivity index (χ2n) is 7.72. The zero-order valence-electron chi connectivity index (χ0n) is 15.7. The molecule has 1 unspecified atom stereocenters. The van der Waals surface area contributed by atoms with Crippen molar-refractivity contribution in [2.45, 2.75) is 43.9 Å². The van der Waals surface area contributed by atoms with Crippen molar-refractivity contribution in [2.24, 2.45) is 5.92 Å². The highest BCUT2D eigenvalue weighted by atomic mass is 32.1. The number of amides is 2. The van der Waals surface area contributed by atoms with Crippen LogP contribution < -0.4 is 5.32 Å². The SMILES string of the molecule is O=C(Nc1nccs1)C1CCCN(C(=O)C2(c3cccc(F)c3)CCCC2)C1. The monoisotopic (exact) mass is 401 g/mol. The molecule has 1 saturated carbocycles. The van der Waals surface area contributed by atoms with E-state index in [1.54, 1.807) is 12.3 Å². The number of aromatic nitrogens is 1. The fourth-order valence-electron chi connectivity index (χ4n) is 4.56. The summed E-state index contributed by atoms with van der Waals surface area (Å²) < 4.78 is 13.9. The van der Waals surface area contributed by atoms with Gasteiger partial charge in [0.15, 0.2) is 5.13 Å². The standard InChI is InChI=1S/C21H24FN3O2S/c22-17-7-3-6-16(13-17)21(8-1-2-9-21)19(27)25-11-4-5-15(14-25)18(26)24-20-23-10-12-28-20/h3,6-7,10,12-13,15H,1-2,4-5,8-9,11,14H2,(H,23,24,26). The van der Waals surface area contributed by atoms with Gasteiger partial charge >= 0.3 is 0 Å². The van der Waals surface area contributed by atoms with Gasteiger partial charge in [0.05, 0.1) is 11.3 Å². The first-order valence-electron chi connectivity index (χ1n) is 9.84. The number of benzene rings is 1. The van der Waals surface area contributed by atoms with Crippen molar-refractivity contribution in [3.8, 4) is 0 Å². The van der Waals surface area contributed by atoms with E-state index in [4.69, 9.17) is 0 Å². The summed E-state index contributed by atoms with van der Waals surface area (Å²) in [6.07, 6.45) is 6.60. The number of nitrogens with one attached hydrogen (secondary N) is 1. The zero-order chi connectivity index (χ0) is 19.6. The maximum absolute atomic E-state index is 13.9. The van der Waals surface area contributed by atoms with E-state index in [2.05, 4.69) is 10.3 Å². The van der Waals surface area contributed by atoms with E-state index in [0.717, 1.165) is 44.1 Å². The van der Waals surface area contributed by atoms with Gasteiger partial charge < -0.3 is 10.2 Å². The highest BCUT2D eigenvalue weighted by Gasteiger charge is 2.46. The first-order valence-corrected chi connectivity index (χ1v) is 10.7. The Bertz CT molecular complexity index is 849. The average molecular weight is 402 g/mol. The summed E-state index contributed by atoms with van der Waals surface area (Å²) in [6.45, 7) is 1.06. The van der Waals surface area contributed by atoms with Crippen LogP contribution in [0.1, 0.15) is 44.1 Å². The lowest BCUT2D eigenvalue weighted by molar-refractivity contribution is -0.140. The summed E-state index contributed by atoms with van der Waals surface area (Å²) in [7, 11) is 0. The van der Waals surface area contributed by atoms with Crippen LogP contribution in [0.3, 0.4) is 0 Å². The number of carbonyl (C=O) groups excluding carboxylic acids is 2. The van der Waals surface area contributed by atoms with Gasteiger partial charge in [0, 0.05) is 24.7 Å². The summed E-state index contributed by atoms with van der Waals surface area (Å²) in [4.78, 5) is 32.1. The minimum atomic E-state index is -0.657. The van der Waals surface area contributed by atoms with Crippen LogP contribution in [-0.4, -0.2) is 34.8 Å². The number of hydrogen-bond donors (Lipinski definition) is 1. The Morgan fingerprint density at radius 2 is 2.07 bits per heavy atom. The molecule has 1 atom stereocenters. The molecule has 1 aliphatic heterocycles. The van der Waals surface area contributed by atoms with Crippen molar-refractivity contribution in [3.63, 3.8) is 0 Å². The van der Waals surface area contributed by atoms with Crippen LogP contribution in [0, 0.1) is 11.7 Å². The molecule has 28 heavy (non-hydrogen) atoms. The summed E-state index contributed by atoms with van der Waals surface area (Å²) in [5.41, 5.74) is 0.111. The van der Waals surface area contributed by atoms with Crippen LogP contribution >= 0.6 is 11.3 Å². The van der Waals surface area contributed by atoms with Crippen molar-refractivity contribution in [2.75, 3.05) is 18.4 Å². The van der Waals surface area contributed by atoms with E-state index in [0.29, 0.717) is 18.2 Å². The molecular formula is C21H24FN3O2S. The van der Waals surface area contributed by atoms with Crippen LogP contribution in [0.25, 0.3) is 0 Å². The molecule has 2 heterocycles. The molecule has 2 aromatic rings. The number of likely N-dealkylation sites (tertiary alicyclic amines) is 1. The molecule has 2 fully saturated rings. The van der Waals surface area contributed by atoms with Crippen LogP contribution in [0.15, 0.2) is 35.8 Å². The third-order valence-electron chi connectivity index (χ3n) is 5.99. The van der Waals surface area contributed by atoms with Gasteiger partial charge in [-0.1, -0.05) is 25.0 Å². The molecule has 4 rings (SSSR count). The second-order valence-corrected chi connectivity index (χ2v) is 8.61. The Morgan fingerprint density at radius 3 is 2.79 bits per heavy atom. The van der Waals surface area contributed by atoms with Crippen molar-refractivity contribution in [3.05, 3.63) is 47.2 Å². The molecule has 7 heteroatoms. The molecule has 0 bridgehead atoms. The van der Waals surface area contributed by atoms with Gasteiger partial charge in [0.1, 0.15) is 5.82 Å². The number of rotatable bonds is 4. The molecule has 2 aliphatic rings. The van der Waals surface area contributed by atoms with E-state index < -0.39 is 5.41 Å². The number of nitrogens with zero attached hydrogens (tertiary/aromatic N) is 2. The maximum Gasteiger partial charge on any atom is 0.233 e. The lowest BCUT2D eigenvalue weighted by Gasteiger charge is -2.39. The zero-order valence-corrected chi connectivity index (χ0v) is 16.5. The van der Waals surface area contributed by atoms with Crippen LogP contribution in [0.4, 0.5) is 9.52 Å². The number of carbonyl (C=O) groups is 2. The number of hydrogen-bond acceptors (Lipinski definition) is 4. The maximum atomic E-state index is 13.9. The normalized spacial score (nSPS) is 21.5. The molecule has 1 saturated heterocycles. The first kappa shape index (κ1) is 19.1. The van der Waals surface area contributed by atoms with Gasteiger partial charge in [-0.2, -0.15) is 0 Å². The predicted octanol–water partition coefficient (Wildman–Crippen LogP) is 3.97. The van der Waals surface area contributed by atoms with Gasteiger partial charge in [-0.05, 0) is 43.4 Å². The Morgan fingerprint density at radius 1 is 1.25 bits per heavy atom. The van der Waals surface area contributed by atoms with Gasteiger partial charge in [-0.3, -0.25) is 9.59 Å². The van der Waals surface area contributed by atoms with Crippen molar-refractivity contribution in [1.29, 1.82) is 0 Å². The fraction of sp³-hybridized carbons (Fsp3) is 0.476.